The van der Waals surface area contributed by atoms with E-state index in [4.69, 9.17) is 4.74 Å². The molecule has 0 heterocycles. The highest BCUT2D eigenvalue weighted by Gasteiger charge is 2.25. The second-order valence-corrected chi connectivity index (χ2v) is 8.99. The van der Waals surface area contributed by atoms with Gasteiger partial charge in [-0.15, -0.1) is 0 Å². The highest BCUT2D eigenvalue weighted by Crippen LogP contribution is 2.36. The third-order valence-corrected chi connectivity index (χ3v) is 4.97. The van der Waals surface area contributed by atoms with Gasteiger partial charge in [-0.2, -0.15) is 0 Å². The molecule has 0 bridgehead atoms. The van der Waals surface area contributed by atoms with E-state index in [0.29, 0.717) is 0 Å². The van der Waals surface area contributed by atoms with Crippen LogP contribution in [-0.4, -0.2) is 35.6 Å². The van der Waals surface area contributed by atoms with E-state index in [1.54, 1.807) is 0 Å². The largest absolute Gasteiger partial charge is 0.459 e. The van der Waals surface area contributed by atoms with E-state index in [2.05, 4.69) is 5.32 Å². The van der Waals surface area contributed by atoms with Crippen LogP contribution in [-0.2, 0) is 31.9 Å². The molecule has 0 aliphatic rings. The number of rotatable bonds is 9. The lowest BCUT2D eigenvalue weighted by atomic mass is 10.1. The van der Waals surface area contributed by atoms with Gasteiger partial charge < -0.3 is 14.9 Å². The van der Waals surface area contributed by atoms with Gasteiger partial charge >= 0.3 is 5.97 Å². The Labute approximate surface area is 159 Å². The van der Waals surface area contributed by atoms with Crippen LogP contribution in [0.25, 0.3) is 0 Å². The number of amides is 1. The van der Waals surface area contributed by atoms with Gasteiger partial charge in [-0.05, 0) is 17.5 Å². The average molecular weight is 389 g/mol. The van der Waals surface area contributed by atoms with Crippen molar-refractivity contribution in [3.8, 4) is 0 Å². The molecule has 0 spiro atoms. The molecule has 2 unspecified atom stereocenters. The molecular weight excluding hydrogens is 365 g/mol. The van der Waals surface area contributed by atoms with Gasteiger partial charge in [0.15, 0.2) is 7.37 Å². The van der Waals surface area contributed by atoms with Crippen molar-refractivity contribution < 1.29 is 23.8 Å². The van der Waals surface area contributed by atoms with Crippen LogP contribution in [0.2, 0.25) is 0 Å². The summed E-state index contributed by atoms with van der Waals surface area (Å²) in [5, 5.41) is 2.63. The summed E-state index contributed by atoms with van der Waals surface area (Å²) in [7, 11) is -3.31. The van der Waals surface area contributed by atoms with Gasteiger partial charge in [0, 0.05) is 12.8 Å². The first kappa shape index (κ1) is 20.9. The first-order valence-corrected chi connectivity index (χ1v) is 11.0. The Kier molecular flexibility index (Phi) is 7.77. The lowest BCUT2D eigenvalue weighted by molar-refractivity contribution is -0.149. The van der Waals surface area contributed by atoms with E-state index >= 15 is 0 Å². The molecule has 27 heavy (non-hydrogen) atoms. The average Bonchev–Trinajstić information content (AvgIpc) is 2.64. The lowest BCUT2D eigenvalue weighted by Gasteiger charge is -2.18. The van der Waals surface area contributed by atoms with Crippen LogP contribution >= 0.6 is 7.37 Å². The quantitative estimate of drug-likeness (QED) is 0.508. The second-order valence-electron chi connectivity index (χ2n) is 6.44. The fourth-order valence-electron chi connectivity index (χ4n) is 2.47. The van der Waals surface area contributed by atoms with Gasteiger partial charge in [0.25, 0.3) is 0 Å². The number of nitrogens with one attached hydrogen (secondary N) is 1. The zero-order valence-corrected chi connectivity index (χ0v) is 16.1. The molecular formula is C20H24NO5P. The molecule has 6 nitrogen and oxygen atoms in total. The number of carbonyl (C=O) groups excluding carboxylic acids is 2. The second kappa shape index (κ2) is 10.0. The third-order valence-electron chi connectivity index (χ3n) is 3.88. The van der Waals surface area contributed by atoms with Crippen LogP contribution in [0.1, 0.15) is 17.5 Å². The van der Waals surface area contributed by atoms with Crippen molar-refractivity contribution in [2.24, 2.45) is 0 Å². The number of benzene rings is 2. The van der Waals surface area contributed by atoms with E-state index in [1.165, 1.54) is 6.66 Å². The van der Waals surface area contributed by atoms with Crippen LogP contribution in [0.3, 0.4) is 0 Å². The summed E-state index contributed by atoms with van der Waals surface area (Å²) in [6, 6.07) is 17.3. The summed E-state index contributed by atoms with van der Waals surface area (Å²) >= 11 is 0. The topological polar surface area (TPSA) is 92.7 Å². The Balaban J connectivity index is 1.97. The SMILES string of the molecule is CP(=O)(O)CCC(NC(=O)Cc1ccccc1)C(=O)OCc1ccccc1. The molecule has 0 aromatic heterocycles. The van der Waals surface area contributed by atoms with Gasteiger partial charge in [-0.1, -0.05) is 60.7 Å². The van der Waals surface area contributed by atoms with Crippen LogP contribution in [0.5, 0.6) is 0 Å². The maximum atomic E-state index is 12.4. The molecule has 1 amide bonds. The molecule has 0 fully saturated rings. The van der Waals surface area contributed by atoms with Crippen LogP contribution in [0.15, 0.2) is 60.7 Å². The Bertz CT molecular complexity index is 789. The molecule has 2 aromatic rings. The Morgan fingerprint density at radius 1 is 1.04 bits per heavy atom. The fraction of sp³-hybridized carbons (Fsp3) is 0.300. The van der Waals surface area contributed by atoms with Crippen molar-refractivity contribution in [1.82, 2.24) is 5.32 Å². The summed E-state index contributed by atoms with van der Waals surface area (Å²) < 4.78 is 16.9. The molecule has 0 aliphatic heterocycles. The summed E-state index contributed by atoms with van der Waals surface area (Å²) in [5.74, 6) is -0.958. The zero-order chi connectivity index (χ0) is 19.7. The summed E-state index contributed by atoms with van der Waals surface area (Å²) in [5.41, 5.74) is 1.64. The van der Waals surface area contributed by atoms with Gasteiger partial charge in [-0.3, -0.25) is 9.36 Å². The number of ether oxygens (including phenoxy) is 1. The monoisotopic (exact) mass is 389 g/mol. The normalized spacial score (nSPS) is 14.0. The Hall–Kier alpha value is -2.43. The van der Waals surface area contributed by atoms with E-state index < -0.39 is 19.4 Å². The van der Waals surface area contributed by atoms with Gasteiger partial charge in [0.2, 0.25) is 5.91 Å². The zero-order valence-electron chi connectivity index (χ0n) is 15.2. The predicted molar refractivity (Wildman–Crippen MR) is 104 cm³/mol. The number of esters is 1. The van der Waals surface area contributed by atoms with E-state index in [-0.39, 0.29) is 31.5 Å². The number of hydrogen-bond acceptors (Lipinski definition) is 4. The molecule has 0 radical (unpaired) electrons. The fourth-order valence-corrected chi connectivity index (χ4v) is 3.21. The van der Waals surface area contributed by atoms with Crippen molar-refractivity contribution in [3.05, 3.63) is 71.8 Å². The van der Waals surface area contributed by atoms with Crippen LogP contribution in [0, 0.1) is 0 Å². The number of hydrogen-bond donors (Lipinski definition) is 2. The maximum Gasteiger partial charge on any atom is 0.328 e. The lowest BCUT2D eigenvalue weighted by Crippen LogP contribution is -2.43. The molecule has 2 N–H and O–H groups in total. The summed E-state index contributed by atoms with van der Waals surface area (Å²) in [6.45, 7) is 1.30. The predicted octanol–water partition coefficient (Wildman–Crippen LogP) is 2.75. The van der Waals surface area contributed by atoms with Crippen LogP contribution in [0.4, 0.5) is 0 Å². The van der Waals surface area contributed by atoms with E-state index in [0.717, 1.165) is 11.1 Å². The molecule has 7 heteroatoms. The number of carbonyl (C=O) groups is 2. The first-order chi connectivity index (χ1) is 12.8. The van der Waals surface area contributed by atoms with Crippen molar-refractivity contribution >= 4 is 19.2 Å². The molecule has 0 saturated heterocycles. The third kappa shape index (κ3) is 8.20. The van der Waals surface area contributed by atoms with Crippen molar-refractivity contribution in [2.75, 3.05) is 12.8 Å². The minimum Gasteiger partial charge on any atom is -0.459 e. The van der Waals surface area contributed by atoms with Crippen molar-refractivity contribution in [3.63, 3.8) is 0 Å². The van der Waals surface area contributed by atoms with Crippen LogP contribution < -0.4 is 5.32 Å². The molecule has 2 rings (SSSR count). The minimum atomic E-state index is -3.31. The molecule has 2 aromatic carbocycles. The standard InChI is InChI=1S/C20H24NO5P/c1-27(24,25)13-12-18(20(23)26-15-17-10-6-3-7-11-17)21-19(22)14-16-8-4-2-5-9-16/h2-11,18H,12-15H2,1H3,(H,21,22)(H,24,25). The van der Waals surface area contributed by atoms with Gasteiger partial charge in [0.05, 0.1) is 6.42 Å². The Morgan fingerprint density at radius 2 is 1.59 bits per heavy atom. The van der Waals surface area contributed by atoms with E-state index in [9.17, 15) is 19.0 Å². The highest BCUT2D eigenvalue weighted by atomic mass is 31.2. The summed E-state index contributed by atoms with van der Waals surface area (Å²) in [6.07, 6.45) is 0.0777. The van der Waals surface area contributed by atoms with Gasteiger partial charge in [0.1, 0.15) is 12.6 Å². The highest BCUT2D eigenvalue weighted by molar-refractivity contribution is 7.57. The van der Waals surface area contributed by atoms with Crippen molar-refractivity contribution in [2.45, 2.75) is 25.5 Å². The summed E-state index contributed by atoms with van der Waals surface area (Å²) in [4.78, 5) is 34.2. The molecule has 0 aliphatic carbocycles. The molecule has 2 atom stereocenters. The minimum absolute atomic E-state index is 0.0401. The maximum absolute atomic E-state index is 12.4. The van der Waals surface area contributed by atoms with E-state index in [1.807, 2.05) is 60.7 Å². The smallest absolute Gasteiger partial charge is 0.328 e. The van der Waals surface area contributed by atoms with Gasteiger partial charge in [-0.25, -0.2) is 4.79 Å². The Morgan fingerprint density at radius 3 is 2.15 bits per heavy atom. The molecule has 0 saturated carbocycles. The van der Waals surface area contributed by atoms with Crippen molar-refractivity contribution in [1.29, 1.82) is 0 Å². The molecule has 144 valence electrons. The first-order valence-electron chi connectivity index (χ1n) is 8.66.